The van der Waals surface area contributed by atoms with E-state index in [1.165, 1.54) is 11.8 Å². The number of thiophene rings is 1. The first kappa shape index (κ1) is 14.3. The summed E-state index contributed by atoms with van der Waals surface area (Å²) >= 11 is 3.05. The normalized spacial score (nSPS) is 11.2. The van der Waals surface area contributed by atoms with E-state index >= 15 is 0 Å². The molecule has 3 nitrogen and oxygen atoms in total. The minimum Gasteiger partial charge on any atom is -0.465 e. The first-order chi connectivity index (χ1) is 7.98. The summed E-state index contributed by atoms with van der Waals surface area (Å²) in [7, 11) is 0. The number of ether oxygens (including phenoxy) is 1. The van der Waals surface area contributed by atoms with Crippen molar-refractivity contribution in [2.24, 2.45) is 5.41 Å². The summed E-state index contributed by atoms with van der Waals surface area (Å²) in [5, 5.41) is 1.96. The second-order valence-electron chi connectivity index (χ2n) is 3.99. The summed E-state index contributed by atoms with van der Waals surface area (Å²) < 4.78 is 5.98. The van der Waals surface area contributed by atoms with Gasteiger partial charge in [0, 0.05) is 0 Å². The van der Waals surface area contributed by atoms with Gasteiger partial charge in [-0.1, -0.05) is 6.07 Å². The number of esters is 1. The van der Waals surface area contributed by atoms with Crippen molar-refractivity contribution >= 4 is 34.9 Å². The third kappa shape index (κ3) is 3.85. The van der Waals surface area contributed by atoms with Crippen LogP contribution >= 0.6 is 23.1 Å². The SMILES string of the molecule is CCOC(=O)C(C)(C)C(=O)CSc1cccs1. The van der Waals surface area contributed by atoms with Gasteiger partial charge in [-0.25, -0.2) is 0 Å². The number of ketones is 1. The summed E-state index contributed by atoms with van der Waals surface area (Å²) in [6.45, 7) is 5.26. The second-order valence-corrected chi connectivity index (χ2v) is 6.21. The number of rotatable bonds is 6. The van der Waals surface area contributed by atoms with Gasteiger partial charge in [-0.05, 0) is 32.2 Å². The maximum atomic E-state index is 12.0. The van der Waals surface area contributed by atoms with E-state index in [0.29, 0.717) is 12.4 Å². The van der Waals surface area contributed by atoms with Gasteiger partial charge in [-0.3, -0.25) is 9.59 Å². The molecule has 0 spiro atoms. The lowest BCUT2D eigenvalue weighted by Crippen LogP contribution is -2.36. The smallest absolute Gasteiger partial charge is 0.319 e. The topological polar surface area (TPSA) is 43.4 Å². The molecule has 0 N–H and O–H groups in total. The lowest BCUT2D eigenvalue weighted by molar-refractivity contribution is -0.157. The zero-order chi connectivity index (χ0) is 12.9. The lowest BCUT2D eigenvalue weighted by atomic mass is 9.89. The van der Waals surface area contributed by atoms with Crippen molar-refractivity contribution in [3.05, 3.63) is 17.5 Å². The molecular formula is C12H16O3S2. The van der Waals surface area contributed by atoms with Gasteiger partial charge in [0.25, 0.3) is 0 Å². The number of Topliss-reactive ketones (excluding diaryl/α,β-unsaturated/α-hetero) is 1. The minimum absolute atomic E-state index is 0.102. The van der Waals surface area contributed by atoms with E-state index in [-0.39, 0.29) is 5.78 Å². The average molecular weight is 272 g/mol. The summed E-state index contributed by atoms with van der Waals surface area (Å²) in [5.41, 5.74) is -1.06. The lowest BCUT2D eigenvalue weighted by Gasteiger charge is -2.20. The largest absolute Gasteiger partial charge is 0.465 e. The number of carbonyl (C=O) groups excluding carboxylic acids is 2. The summed E-state index contributed by atoms with van der Waals surface area (Å²) in [4.78, 5) is 23.6. The van der Waals surface area contributed by atoms with Crippen LogP contribution in [-0.4, -0.2) is 24.1 Å². The van der Waals surface area contributed by atoms with Crippen molar-refractivity contribution in [2.45, 2.75) is 25.0 Å². The zero-order valence-corrected chi connectivity index (χ0v) is 11.8. The van der Waals surface area contributed by atoms with E-state index < -0.39 is 11.4 Å². The van der Waals surface area contributed by atoms with Crippen LogP contribution in [0.3, 0.4) is 0 Å². The van der Waals surface area contributed by atoms with Crippen LogP contribution in [0.15, 0.2) is 21.7 Å². The van der Waals surface area contributed by atoms with Crippen LogP contribution in [0, 0.1) is 5.41 Å². The van der Waals surface area contributed by atoms with Gasteiger partial charge in [0.1, 0.15) is 5.41 Å². The van der Waals surface area contributed by atoms with Crippen molar-refractivity contribution in [3.8, 4) is 0 Å². The Balaban J connectivity index is 2.53. The van der Waals surface area contributed by atoms with E-state index in [9.17, 15) is 9.59 Å². The zero-order valence-electron chi connectivity index (χ0n) is 10.2. The first-order valence-corrected chi connectivity index (χ1v) is 7.21. The highest BCUT2D eigenvalue weighted by molar-refractivity contribution is 8.01. The molecule has 0 aromatic carbocycles. The standard InChI is InChI=1S/C12H16O3S2/c1-4-15-11(14)12(2,3)9(13)8-17-10-6-5-7-16-10/h5-7H,4,8H2,1-3H3. The number of hydrogen-bond acceptors (Lipinski definition) is 5. The first-order valence-electron chi connectivity index (χ1n) is 5.35. The quantitative estimate of drug-likeness (QED) is 0.453. The van der Waals surface area contributed by atoms with E-state index in [1.807, 2.05) is 17.5 Å². The van der Waals surface area contributed by atoms with Crippen molar-refractivity contribution in [1.29, 1.82) is 0 Å². The molecule has 0 radical (unpaired) electrons. The van der Waals surface area contributed by atoms with E-state index in [2.05, 4.69) is 0 Å². The molecule has 17 heavy (non-hydrogen) atoms. The molecule has 5 heteroatoms. The summed E-state index contributed by atoms with van der Waals surface area (Å²) in [6, 6.07) is 3.90. The van der Waals surface area contributed by atoms with Gasteiger partial charge in [-0.15, -0.1) is 23.1 Å². The van der Waals surface area contributed by atoms with Gasteiger partial charge in [0.2, 0.25) is 0 Å². The van der Waals surface area contributed by atoms with Crippen LogP contribution in [0.25, 0.3) is 0 Å². The van der Waals surface area contributed by atoms with Crippen LogP contribution in [0.2, 0.25) is 0 Å². The van der Waals surface area contributed by atoms with Crippen LogP contribution in [0.1, 0.15) is 20.8 Å². The van der Waals surface area contributed by atoms with Crippen molar-refractivity contribution < 1.29 is 14.3 Å². The summed E-state index contributed by atoms with van der Waals surface area (Å²) in [5.74, 6) is -0.252. The molecule has 0 aliphatic heterocycles. The Morgan fingerprint density at radius 3 is 2.71 bits per heavy atom. The molecule has 0 atom stereocenters. The fourth-order valence-corrected chi connectivity index (χ4v) is 2.96. The Morgan fingerprint density at radius 1 is 1.47 bits per heavy atom. The minimum atomic E-state index is -1.06. The number of carbonyl (C=O) groups is 2. The molecule has 0 saturated heterocycles. The average Bonchev–Trinajstić information content (AvgIpc) is 2.78. The monoisotopic (exact) mass is 272 g/mol. The van der Waals surface area contributed by atoms with Gasteiger partial charge in [0.15, 0.2) is 5.78 Å². The van der Waals surface area contributed by atoms with Gasteiger partial charge in [0.05, 0.1) is 16.6 Å². The Bertz CT molecular complexity index is 382. The summed E-state index contributed by atoms with van der Waals surface area (Å²) in [6.07, 6.45) is 0. The van der Waals surface area contributed by atoms with Crippen LogP contribution in [0.5, 0.6) is 0 Å². The van der Waals surface area contributed by atoms with Crippen LogP contribution in [0.4, 0.5) is 0 Å². The highest BCUT2D eigenvalue weighted by atomic mass is 32.2. The molecule has 0 bridgehead atoms. The fourth-order valence-electron chi connectivity index (χ4n) is 1.09. The van der Waals surface area contributed by atoms with Gasteiger partial charge >= 0.3 is 5.97 Å². The fraction of sp³-hybridized carbons (Fsp3) is 0.500. The van der Waals surface area contributed by atoms with Gasteiger partial charge in [-0.2, -0.15) is 0 Å². The molecule has 0 aliphatic carbocycles. The van der Waals surface area contributed by atoms with E-state index in [0.717, 1.165) is 4.21 Å². The number of hydrogen-bond donors (Lipinski definition) is 0. The Labute approximate surface area is 110 Å². The molecule has 1 aromatic heterocycles. The molecule has 0 aliphatic rings. The molecule has 1 rings (SSSR count). The Hall–Kier alpha value is -0.810. The predicted octanol–water partition coefficient (Wildman–Crippen LogP) is 3.00. The van der Waals surface area contributed by atoms with Crippen molar-refractivity contribution in [2.75, 3.05) is 12.4 Å². The highest BCUT2D eigenvalue weighted by Crippen LogP contribution is 2.27. The molecule has 1 heterocycles. The number of thioether (sulfide) groups is 1. The molecule has 0 amide bonds. The van der Waals surface area contributed by atoms with Crippen LogP contribution < -0.4 is 0 Å². The van der Waals surface area contributed by atoms with E-state index in [1.54, 1.807) is 32.1 Å². The maximum Gasteiger partial charge on any atom is 0.319 e. The molecule has 0 fully saturated rings. The predicted molar refractivity (Wildman–Crippen MR) is 70.5 cm³/mol. The molecular weight excluding hydrogens is 256 g/mol. The van der Waals surface area contributed by atoms with Gasteiger partial charge < -0.3 is 4.74 Å². The maximum absolute atomic E-state index is 12.0. The third-order valence-corrected chi connectivity index (χ3v) is 4.45. The van der Waals surface area contributed by atoms with Crippen molar-refractivity contribution in [3.63, 3.8) is 0 Å². The molecule has 0 saturated carbocycles. The second kappa shape index (κ2) is 6.21. The molecule has 94 valence electrons. The Kier molecular flexibility index (Phi) is 5.21. The van der Waals surface area contributed by atoms with Crippen molar-refractivity contribution in [1.82, 2.24) is 0 Å². The molecule has 0 unspecified atom stereocenters. The van der Waals surface area contributed by atoms with Crippen LogP contribution in [-0.2, 0) is 14.3 Å². The highest BCUT2D eigenvalue weighted by Gasteiger charge is 2.36. The third-order valence-electron chi connectivity index (χ3n) is 2.32. The molecule has 1 aromatic rings. The van der Waals surface area contributed by atoms with E-state index in [4.69, 9.17) is 4.74 Å². The Morgan fingerprint density at radius 2 is 2.18 bits per heavy atom.